The molecule has 0 radical (unpaired) electrons. The van der Waals surface area contributed by atoms with Crippen LogP contribution in [0.15, 0.2) is 64.8 Å². The molecule has 1 heterocycles. The average molecular weight is 380 g/mol. The summed E-state index contributed by atoms with van der Waals surface area (Å²) in [5, 5.41) is 8.05. The highest BCUT2D eigenvalue weighted by Gasteiger charge is 2.17. The number of hydrogen-bond acceptors (Lipinski definition) is 6. The van der Waals surface area contributed by atoms with Gasteiger partial charge >= 0.3 is 5.97 Å². The smallest absolute Gasteiger partial charge is 0.336 e. The van der Waals surface area contributed by atoms with Crippen LogP contribution in [0.5, 0.6) is 17.2 Å². The summed E-state index contributed by atoms with van der Waals surface area (Å²) in [5.41, 5.74) is 1.88. The summed E-state index contributed by atoms with van der Waals surface area (Å²) in [6, 6.07) is 12.7. The molecular formula is C22H24N2O4. The molecule has 2 aromatic carbocycles. The molecular weight excluding hydrogens is 356 g/mol. The van der Waals surface area contributed by atoms with E-state index in [9.17, 15) is 4.79 Å². The topological polar surface area (TPSA) is 69.5 Å². The van der Waals surface area contributed by atoms with E-state index in [1.165, 1.54) is 0 Å². The Kier molecular flexibility index (Phi) is 6.42. The van der Waals surface area contributed by atoms with Crippen LogP contribution in [0.3, 0.4) is 0 Å². The first-order chi connectivity index (χ1) is 13.5. The lowest BCUT2D eigenvalue weighted by Crippen LogP contribution is -2.24. The number of carbonyl (C=O) groups is 1. The average Bonchev–Trinajstić information content (AvgIpc) is 3.07. The maximum Gasteiger partial charge on any atom is 0.336 e. The Labute approximate surface area is 164 Å². The van der Waals surface area contributed by atoms with Gasteiger partial charge in [0, 0.05) is 12.0 Å². The van der Waals surface area contributed by atoms with Crippen molar-refractivity contribution in [1.82, 2.24) is 0 Å². The molecule has 0 amide bonds. The van der Waals surface area contributed by atoms with Crippen molar-refractivity contribution in [2.24, 2.45) is 10.2 Å². The number of ether oxygens (including phenoxy) is 3. The van der Waals surface area contributed by atoms with Crippen LogP contribution in [-0.4, -0.2) is 12.3 Å². The second kappa shape index (κ2) is 9.17. The number of carbonyl (C=O) groups excluding carboxylic acids is 1. The summed E-state index contributed by atoms with van der Waals surface area (Å²) in [7, 11) is 0. The lowest BCUT2D eigenvalue weighted by molar-refractivity contribution is -0.159. The fourth-order valence-corrected chi connectivity index (χ4v) is 2.63. The van der Waals surface area contributed by atoms with E-state index in [1.54, 1.807) is 31.2 Å². The Morgan fingerprint density at radius 3 is 2.54 bits per heavy atom. The summed E-state index contributed by atoms with van der Waals surface area (Å²) in [6.45, 7) is 7.36. The zero-order valence-electron chi connectivity index (χ0n) is 16.2. The molecule has 1 unspecified atom stereocenters. The molecule has 1 aliphatic rings. The first kappa shape index (κ1) is 19.6. The SMILES string of the molecule is C=C(C)C(=O)OC(CCCCC)Oc1ccc(Oc2ccc3cc2N=N3)cc1. The van der Waals surface area contributed by atoms with Gasteiger partial charge in [-0.1, -0.05) is 26.3 Å². The fraction of sp³-hybridized carbons (Fsp3) is 0.318. The van der Waals surface area contributed by atoms with E-state index in [0.717, 1.165) is 24.9 Å². The van der Waals surface area contributed by atoms with Crippen LogP contribution < -0.4 is 9.47 Å². The van der Waals surface area contributed by atoms with E-state index in [0.29, 0.717) is 34.9 Å². The minimum atomic E-state index is -0.642. The van der Waals surface area contributed by atoms with E-state index in [-0.39, 0.29) is 0 Å². The predicted molar refractivity (Wildman–Crippen MR) is 107 cm³/mol. The first-order valence-corrected chi connectivity index (χ1v) is 9.42. The molecule has 1 aliphatic heterocycles. The standard InChI is InChI=1S/C22H24N2O4/c1-4-5-6-7-21(28-22(25)15(2)3)27-18-11-9-17(10-12-18)26-20-13-8-16-14-19(20)24-23-16/h8-14,21H,2,4-7H2,1,3H3. The van der Waals surface area contributed by atoms with E-state index < -0.39 is 12.3 Å². The molecule has 0 saturated carbocycles. The van der Waals surface area contributed by atoms with Crippen molar-refractivity contribution in [2.75, 3.05) is 0 Å². The molecule has 6 nitrogen and oxygen atoms in total. The van der Waals surface area contributed by atoms with Crippen LogP contribution in [0.2, 0.25) is 0 Å². The number of esters is 1. The van der Waals surface area contributed by atoms with Crippen molar-refractivity contribution < 1.29 is 19.0 Å². The van der Waals surface area contributed by atoms with E-state index in [4.69, 9.17) is 14.2 Å². The normalized spacial score (nSPS) is 12.5. The quantitative estimate of drug-likeness (QED) is 0.172. The van der Waals surface area contributed by atoms with Crippen molar-refractivity contribution in [3.8, 4) is 17.2 Å². The van der Waals surface area contributed by atoms with E-state index >= 15 is 0 Å². The summed E-state index contributed by atoms with van der Waals surface area (Å²) in [5.74, 6) is 1.45. The highest BCUT2D eigenvalue weighted by atomic mass is 16.7. The van der Waals surface area contributed by atoms with E-state index in [1.807, 2.05) is 18.2 Å². The highest BCUT2D eigenvalue weighted by molar-refractivity contribution is 5.87. The summed E-state index contributed by atoms with van der Waals surface area (Å²) in [6.07, 6.45) is 3.03. The number of benzene rings is 2. The minimum absolute atomic E-state index is 0.351. The monoisotopic (exact) mass is 380 g/mol. The molecule has 0 aromatic heterocycles. The Bertz CT molecular complexity index is 875. The molecule has 6 heteroatoms. The molecule has 146 valence electrons. The van der Waals surface area contributed by atoms with Crippen molar-refractivity contribution in [2.45, 2.75) is 45.8 Å². The number of azo groups is 1. The minimum Gasteiger partial charge on any atom is -0.455 e. The van der Waals surface area contributed by atoms with Crippen molar-refractivity contribution in [3.63, 3.8) is 0 Å². The summed E-state index contributed by atoms with van der Waals surface area (Å²) >= 11 is 0. The second-order valence-corrected chi connectivity index (χ2v) is 6.65. The van der Waals surface area contributed by atoms with Gasteiger partial charge in [-0.25, -0.2) is 4.79 Å². The maximum atomic E-state index is 11.9. The number of nitrogens with zero attached hydrogens (tertiary/aromatic N) is 2. The van der Waals surface area contributed by atoms with Gasteiger partial charge in [0.2, 0.25) is 6.29 Å². The highest BCUT2D eigenvalue weighted by Crippen LogP contribution is 2.40. The molecule has 0 fully saturated rings. The molecule has 0 saturated heterocycles. The third-order valence-corrected chi connectivity index (χ3v) is 4.17. The Morgan fingerprint density at radius 2 is 1.82 bits per heavy atom. The van der Waals surface area contributed by atoms with Gasteiger partial charge in [0.05, 0.1) is 5.69 Å². The lowest BCUT2D eigenvalue weighted by atomic mass is 10.2. The van der Waals surface area contributed by atoms with Gasteiger partial charge in [-0.3, -0.25) is 0 Å². The Morgan fingerprint density at radius 1 is 1.07 bits per heavy atom. The van der Waals surface area contributed by atoms with Gasteiger partial charge in [-0.2, -0.15) is 5.11 Å². The predicted octanol–water partition coefficient (Wildman–Crippen LogP) is 6.61. The molecule has 2 aromatic rings. The van der Waals surface area contributed by atoms with Gasteiger partial charge in [0.1, 0.15) is 17.2 Å². The number of hydrogen-bond donors (Lipinski definition) is 0. The molecule has 0 N–H and O–H groups in total. The largest absolute Gasteiger partial charge is 0.455 e. The summed E-state index contributed by atoms with van der Waals surface area (Å²) < 4.78 is 17.1. The van der Waals surface area contributed by atoms with Crippen LogP contribution in [0.4, 0.5) is 11.4 Å². The Balaban J connectivity index is 1.62. The number of unbranched alkanes of at least 4 members (excludes halogenated alkanes) is 2. The van der Waals surface area contributed by atoms with Gasteiger partial charge in [0.15, 0.2) is 5.75 Å². The number of rotatable bonds is 10. The van der Waals surface area contributed by atoms with Crippen LogP contribution in [-0.2, 0) is 9.53 Å². The van der Waals surface area contributed by atoms with Gasteiger partial charge < -0.3 is 14.2 Å². The first-order valence-electron chi connectivity index (χ1n) is 9.42. The molecule has 2 bridgehead atoms. The van der Waals surface area contributed by atoms with Crippen LogP contribution in [0, 0.1) is 0 Å². The molecule has 0 spiro atoms. The van der Waals surface area contributed by atoms with Crippen molar-refractivity contribution in [3.05, 3.63) is 54.6 Å². The number of fused-ring (bicyclic) bond motifs is 2. The molecule has 3 rings (SSSR count). The third-order valence-electron chi connectivity index (χ3n) is 4.17. The Hall–Kier alpha value is -3.15. The van der Waals surface area contributed by atoms with Crippen LogP contribution >= 0.6 is 0 Å². The van der Waals surface area contributed by atoms with Crippen LogP contribution in [0.25, 0.3) is 0 Å². The molecule has 28 heavy (non-hydrogen) atoms. The molecule has 0 aliphatic carbocycles. The van der Waals surface area contributed by atoms with E-state index in [2.05, 4.69) is 23.7 Å². The van der Waals surface area contributed by atoms with Gasteiger partial charge in [0.25, 0.3) is 0 Å². The zero-order chi connectivity index (χ0) is 19.9. The zero-order valence-corrected chi connectivity index (χ0v) is 16.2. The summed E-state index contributed by atoms with van der Waals surface area (Å²) in [4.78, 5) is 11.9. The molecule has 1 atom stereocenters. The lowest BCUT2D eigenvalue weighted by Gasteiger charge is -2.19. The van der Waals surface area contributed by atoms with Gasteiger partial charge in [-0.15, -0.1) is 5.11 Å². The van der Waals surface area contributed by atoms with Crippen molar-refractivity contribution in [1.29, 1.82) is 0 Å². The van der Waals surface area contributed by atoms with Crippen LogP contribution in [0.1, 0.15) is 39.5 Å². The fourth-order valence-electron chi connectivity index (χ4n) is 2.63. The van der Waals surface area contributed by atoms with Crippen molar-refractivity contribution >= 4 is 17.3 Å². The second-order valence-electron chi connectivity index (χ2n) is 6.65. The maximum absolute atomic E-state index is 11.9. The third kappa shape index (κ3) is 5.19. The van der Waals surface area contributed by atoms with Gasteiger partial charge in [-0.05, 0) is 55.8 Å².